The molecule has 0 fully saturated rings. The highest BCUT2D eigenvalue weighted by atomic mass is 16.5. The summed E-state index contributed by atoms with van der Waals surface area (Å²) in [5, 5.41) is 8.63. The molecule has 1 aliphatic heterocycles. The van der Waals surface area contributed by atoms with E-state index in [9.17, 15) is 4.79 Å². The van der Waals surface area contributed by atoms with Crippen molar-refractivity contribution in [3.05, 3.63) is 77.4 Å². The Balaban J connectivity index is 1.83. The van der Waals surface area contributed by atoms with Crippen LogP contribution in [0.3, 0.4) is 0 Å². The Morgan fingerprint density at radius 1 is 1.07 bits per heavy atom. The number of esters is 1. The molecular formula is C23H24N4O2. The summed E-state index contributed by atoms with van der Waals surface area (Å²) in [5.74, 6) is 1.42. The molecule has 2 aromatic carbocycles. The second-order valence-electron chi connectivity index (χ2n) is 7.60. The largest absolute Gasteiger partial charge is 0.465 e. The fourth-order valence-electron chi connectivity index (χ4n) is 3.48. The minimum absolute atomic E-state index is 0.120. The molecule has 29 heavy (non-hydrogen) atoms. The van der Waals surface area contributed by atoms with Crippen LogP contribution in [0, 0.1) is 12.8 Å². The standard InChI is InChI=1S/C23H24N4O2/c1-15(2)14-29-21(28)13-19-23-26-25-16(3)27(23)20-12-8-7-11-18(20)22(24-19)17-9-5-4-6-10-17/h4-12,15,19H,13-14H2,1-3H3/t19-/m0/s1. The second-order valence-corrected chi connectivity index (χ2v) is 7.60. The maximum atomic E-state index is 12.5. The van der Waals surface area contributed by atoms with Gasteiger partial charge in [0.25, 0.3) is 0 Å². The molecule has 1 aliphatic rings. The van der Waals surface area contributed by atoms with Gasteiger partial charge in [0.1, 0.15) is 11.9 Å². The van der Waals surface area contributed by atoms with Crippen LogP contribution < -0.4 is 0 Å². The van der Waals surface area contributed by atoms with Crippen LogP contribution in [-0.4, -0.2) is 33.1 Å². The van der Waals surface area contributed by atoms with Crippen LogP contribution in [-0.2, 0) is 9.53 Å². The lowest BCUT2D eigenvalue weighted by molar-refractivity contribution is -0.145. The van der Waals surface area contributed by atoms with Crippen LogP contribution in [0.4, 0.5) is 0 Å². The molecule has 0 saturated carbocycles. The first-order chi connectivity index (χ1) is 14.0. The lowest BCUT2D eigenvalue weighted by Crippen LogP contribution is -2.15. The predicted molar refractivity (Wildman–Crippen MR) is 111 cm³/mol. The van der Waals surface area contributed by atoms with Crippen molar-refractivity contribution < 1.29 is 9.53 Å². The quantitative estimate of drug-likeness (QED) is 0.618. The number of nitrogens with zero attached hydrogens (tertiary/aromatic N) is 4. The molecule has 2 heterocycles. The van der Waals surface area contributed by atoms with Gasteiger partial charge in [0, 0.05) is 11.1 Å². The van der Waals surface area contributed by atoms with E-state index in [0.29, 0.717) is 12.4 Å². The summed E-state index contributed by atoms with van der Waals surface area (Å²) in [6, 6.07) is 17.6. The first-order valence-corrected chi connectivity index (χ1v) is 9.85. The molecule has 6 heteroatoms. The average Bonchev–Trinajstić information content (AvgIpc) is 3.05. The van der Waals surface area contributed by atoms with Crippen LogP contribution in [0.25, 0.3) is 5.69 Å². The molecule has 0 spiro atoms. The van der Waals surface area contributed by atoms with E-state index in [1.807, 2.05) is 79.9 Å². The Bertz CT molecular complexity index is 1050. The number of rotatable bonds is 5. The highest BCUT2D eigenvalue weighted by Crippen LogP contribution is 2.32. The van der Waals surface area contributed by atoms with Gasteiger partial charge in [-0.3, -0.25) is 14.4 Å². The number of ether oxygens (including phenoxy) is 1. The van der Waals surface area contributed by atoms with E-state index in [0.717, 1.165) is 28.4 Å². The molecule has 6 nitrogen and oxygen atoms in total. The molecule has 0 amide bonds. The Morgan fingerprint density at radius 2 is 1.79 bits per heavy atom. The molecular weight excluding hydrogens is 364 g/mol. The topological polar surface area (TPSA) is 69.4 Å². The maximum Gasteiger partial charge on any atom is 0.308 e. The number of benzene rings is 2. The van der Waals surface area contributed by atoms with E-state index in [1.54, 1.807) is 0 Å². The van der Waals surface area contributed by atoms with E-state index >= 15 is 0 Å². The third kappa shape index (κ3) is 3.83. The van der Waals surface area contributed by atoms with Gasteiger partial charge in [-0.25, -0.2) is 0 Å². The summed E-state index contributed by atoms with van der Waals surface area (Å²) in [5.41, 5.74) is 3.79. The summed E-state index contributed by atoms with van der Waals surface area (Å²) in [6.07, 6.45) is 0.120. The van der Waals surface area contributed by atoms with Crippen molar-refractivity contribution in [2.75, 3.05) is 6.61 Å². The summed E-state index contributed by atoms with van der Waals surface area (Å²) in [7, 11) is 0. The van der Waals surface area contributed by atoms with Crippen LogP contribution in [0.2, 0.25) is 0 Å². The van der Waals surface area contributed by atoms with Gasteiger partial charge < -0.3 is 4.74 Å². The van der Waals surface area contributed by atoms with E-state index in [1.165, 1.54) is 0 Å². The zero-order valence-corrected chi connectivity index (χ0v) is 16.9. The monoisotopic (exact) mass is 388 g/mol. The van der Waals surface area contributed by atoms with Crippen molar-refractivity contribution >= 4 is 11.7 Å². The number of hydrogen-bond acceptors (Lipinski definition) is 5. The van der Waals surface area contributed by atoms with Gasteiger partial charge in [0.05, 0.1) is 24.4 Å². The molecule has 148 valence electrons. The van der Waals surface area contributed by atoms with Crippen molar-refractivity contribution in [2.24, 2.45) is 10.9 Å². The normalized spacial score (nSPS) is 15.3. The smallest absolute Gasteiger partial charge is 0.308 e. The molecule has 0 radical (unpaired) electrons. The minimum Gasteiger partial charge on any atom is -0.465 e. The van der Waals surface area contributed by atoms with Crippen molar-refractivity contribution in [3.8, 4) is 5.69 Å². The third-order valence-electron chi connectivity index (χ3n) is 4.82. The van der Waals surface area contributed by atoms with Crippen LogP contribution in [0.15, 0.2) is 59.6 Å². The number of carbonyl (C=O) groups is 1. The molecule has 0 saturated heterocycles. The molecule has 1 aromatic heterocycles. The van der Waals surface area contributed by atoms with Gasteiger partial charge in [0.15, 0.2) is 5.82 Å². The Hall–Kier alpha value is -3.28. The highest BCUT2D eigenvalue weighted by Gasteiger charge is 2.29. The van der Waals surface area contributed by atoms with Crippen LogP contribution in [0.5, 0.6) is 0 Å². The first kappa shape index (κ1) is 19.1. The number of aryl methyl sites for hydroxylation is 1. The summed E-state index contributed by atoms with van der Waals surface area (Å²) >= 11 is 0. The Morgan fingerprint density at radius 3 is 2.55 bits per heavy atom. The predicted octanol–water partition coefficient (Wildman–Crippen LogP) is 4.06. The number of aromatic nitrogens is 3. The number of hydrogen-bond donors (Lipinski definition) is 0. The Labute approximate surface area is 170 Å². The number of fused-ring (bicyclic) bond motifs is 3. The van der Waals surface area contributed by atoms with E-state index < -0.39 is 6.04 Å². The van der Waals surface area contributed by atoms with Gasteiger partial charge in [-0.15, -0.1) is 10.2 Å². The summed E-state index contributed by atoms with van der Waals surface area (Å²) in [4.78, 5) is 17.5. The minimum atomic E-state index is -0.474. The van der Waals surface area contributed by atoms with Crippen molar-refractivity contribution in [1.29, 1.82) is 0 Å². The molecule has 3 aromatic rings. The van der Waals surface area contributed by atoms with Gasteiger partial charge in [0.2, 0.25) is 0 Å². The zero-order chi connectivity index (χ0) is 20.4. The van der Waals surface area contributed by atoms with Gasteiger partial charge in [-0.2, -0.15) is 0 Å². The zero-order valence-electron chi connectivity index (χ0n) is 16.9. The lowest BCUT2D eigenvalue weighted by Gasteiger charge is -2.13. The molecule has 0 bridgehead atoms. The molecule has 0 N–H and O–H groups in total. The van der Waals surface area contributed by atoms with Gasteiger partial charge >= 0.3 is 5.97 Å². The molecule has 0 aliphatic carbocycles. The number of aliphatic imine (C=N–C) groups is 1. The van der Waals surface area contributed by atoms with Crippen molar-refractivity contribution in [1.82, 2.24) is 14.8 Å². The first-order valence-electron chi connectivity index (χ1n) is 9.85. The average molecular weight is 388 g/mol. The number of carbonyl (C=O) groups excluding carboxylic acids is 1. The van der Waals surface area contributed by atoms with Crippen molar-refractivity contribution in [2.45, 2.75) is 33.2 Å². The lowest BCUT2D eigenvalue weighted by atomic mass is 10.0. The van der Waals surface area contributed by atoms with Crippen molar-refractivity contribution in [3.63, 3.8) is 0 Å². The van der Waals surface area contributed by atoms with Gasteiger partial charge in [-0.1, -0.05) is 62.4 Å². The third-order valence-corrected chi connectivity index (χ3v) is 4.82. The van der Waals surface area contributed by atoms with E-state index in [-0.39, 0.29) is 18.3 Å². The maximum absolute atomic E-state index is 12.5. The summed E-state index contributed by atoms with van der Waals surface area (Å²) < 4.78 is 7.42. The fraction of sp³-hybridized carbons (Fsp3) is 0.304. The highest BCUT2D eigenvalue weighted by molar-refractivity contribution is 6.15. The Kier molecular flexibility index (Phi) is 5.25. The number of para-hydroxylation sites is 1. The van der Waals surface area contributed by atoms with Crippen LogP contribution >= 0.6 is 0 Å². The second kappa shape index (κ2) is 7.99. The molecule has 0 unspecified atom stereocenters. The molecule has 4 rings (SSSR count). The SMILES string of the molecule is Cc1nnc2n1-c1ccccc1C(c1ccccc1)=N[C@H]2CC(=O)OCC(C)C. The van der Waals surface area contributed by atoms with Gasteiger partial charge in [-0.05, 0) is 18.9 Å². The summed E-state index contributed by atoms with van der Waals surface area (Å²) in [6.45, 7) is 6.34. The molecule has 1 atom stereocenters. The van der Waals surface area contributed by atoms with E-state index in [2.05, 4.69) is 10.2 Å². The van der Waals surface area contributed by atoms with Crippen LogP contribution in [0.1, 0.15) is 49.1 Å². The fourth-order valence-corrected chi connectivity index (χ4v) is 3.48. The van der Waals surface area contributed by atoms with E-state index in [4.69, 9.17) is 9.73 Å².